The molecule has 2 heterocycles. The van der Waals surface area contributed by atoms with Crippen LogP contribution in [0.3, 0.4) is 0 Å². The van der Waals surface area contributed by atoms with Gasteiger partial charge in [0.2, 0.25) is 0 Å². The molecule has 4 heteroatoms. The molecule has 0 fully saturated rings. The average molecular weight is 274 g/mol. The van der Waals surface area contributed by atoms with E-state index in [0.717, 1.165) is 17.0 Å². The summed E-state index contributed by atoms with van der Waals surface area (Å²) in [6, 6.07) is 4.13. The van der Waals surface area contributed by atoms with Crippen LogP contribution in [0.1, 0.15) is 5.82 Å². The average Bonchev–Trinajstić information content (AvgIpc) is 2.43. The molecule has 0 aliphatic heterocycles. The van der Waals surface area contributed by atoms with Gasteiger partial charge in [-0.15, -0.1) is 0 Å². The van der Waals surface area contributed by atoms with E-state index in [4.69, 9.17) is 0 Å². The first kappa shape index (κ1) is 7.97. The SMILES string of the molecule is C[I-]c1ccc2[nH]c(C)nc2n1. The normalized spacial score (nSPS) is 11.2. The Hall–Kier alpha value is -0.650. The van der Waals surface area contributed by atoms with Crippen molar-refractivity contribution in [2.24, 2.45) is 0 Å². The van der Waals surface area contributed by atoms with E-state index >= 15 is 0 Å². The van der Waals surface area contributed by atoms with Crippen molar-refractivity contribution in [2.75, 3.05) is 4.93 Å². The second kappa shape index (κ2) is 3.01. The molecule has 0 amide bonds. The van der Waals surface area contributed by atoms with Crippen LogP contribution in [0.15, 0.2) is 12.1 Å². The third-order valence-electron chi connectivity index (χ3n) is 1.62. The van der Waals surface area contributed by atoms with Gasteiger partial charge in [0.1, 0.15) is 0 Å². The fourth-order valence-electron chi connectivity index (χ4n) is 1.10. The van der Waals surface area contributed by atoms with E-state index in [-0.39, 0.29) is 21.2 Å². The fraction of sp³-hybridized carbons (Fsp3) is 0.250. The van der Waals surface area contributed by atoms with Crippen molar-refractivity contribution in [3.8, 4) is 0 Å². The molecule has 0 saturated heterocycles. The van der Waals surface area contributed by atoms with Gasteiger partial charge >= 0.3 is 80.8 Å². The van der Waals surface area contributed by atoms with E-state index < -0.39 is 0 Å². The quantitative estimate of drug-likeness (QED) is 0.377. The fourth-order valence-corrected chi connectivity index (χ4v) is 2.10. The van der Waals surface area contributed by atoms with E-state index in [2.05, 4.69) is 32.0 Å². The van der Waals surface area contributed by atoms with Crippen LogP contribution in [0.4, 0.5) is 0 Å². The second-order valence-corrected chi connectivity index (χ2v) is 4.70. The van der Waals surface area contributed by atoms with Gasteiger partial charge in [0.15, 0.2) is 0 Å². The molecule has 2 rings (SSSR count). The number of aryl methyl sites for hydroxylation is 1. The van der Waals surface area contributed by atoms with Crippen LogP contribution in [0.25, 0.3) is 11.2 Å². The number of imidazole rings is 1. The van der Waals surface area contributed by atoms with Crippen molar-refractivity contribution in [1.29, 1.82) is 0 Å². The first-order valence-electron chi connectivity index (χ1n) is 3.62. The molecule has 0 saturated carbocycles. The summed E-state index contributed by atoms with van der Waals surface area (Å²) in [7, 11) is 0. The molecule has 0 atom stereocenters. The molecule has 0 unspecified atom stereocenters. The number of aromatic amines is 1. The van der Waals surface area contributed by atoms with Crippen LogP contribution in [-0.2, 0) is 0 Å². The molecular weight excluding hydrogens is 265 g/mol. The molecule has 64 valence electrons. The third kappa shape index (κ3) is 1.31. The summed E-state index contributed by atoms with van der Waals surface area (Å²) < 4.78 is 1.20. The number of nitrogens with zero attached hydrogens (tertiary/aromatic N) is 2. The molecule has 0 aromatic carbocycles. The van der Waals surface area contributed by atoms with Crippen molar-refractivity contribution in [3.05, 3.63) is 21.7 Å². The molecule has 12 heavy (non-hydrogen) atoms. The van der Waals surface area contributed by atoms with Gasteiger partial charge in [0.05, 0.1) is 0 Å². The number of hydrogen-bond acceptors (Lipinski definition) is 2. The summed E-state index contributed by atoms with van der Waals surface area (Å²) in [5, 5.41) is 0. The number of alkyl halides is 1. The van der Waals surface area contributed by atoms with E-state index in [1.54, 1.807) is 0 Å². The zero-order chi connectivity index (χ0) is 8.55. The minimum absolute atomic E-state index is 0.0788. The van der Waals surface area contributed by atoms with E-state index in [1.165, 1.54) is 3.70 Å². The topological polar surface area (TPSA) is 41.6 Å². The molecule has 0 spiro atoms. The number of H-pyrrole nitrogens is 1. The van der Waals surface area contributed by atoms with Gasteiger partial charge in [-0.1, -0.05) is 0 Å². The van der Waals surface area contributed by atoms with Crippen LogP contribution in [0, 0.1) is 10.6 Å². The number of nitrogens with one attached hydrogen (secondary N) is 1. The molecule has 3 nitrogen and oxygen atoms in total. The number of halogens is 1. The van der Waals surface area contributed by atoms with Gasteiger partial charge in [-0.3, -0.25) is 0 Å². The molecule has 2 aromatic rings. The van der Waals surface area contributed by atoms with Crippen molar-refractivity contribution < 1.29 is 21.2 Å². The van der Waals surface area contributed by atoms with E-state index in [9.17, 15) is 0 Å². The molecule has 0 radical (unpaired) electrons. The minimum atomic E-state index is 0.0788. The van der Waals surface area contributed by atoms with Gasteiger partial charge in [0, 0.05) is 0 Å². The summed E-state index contributed by atoms with van der Waals surface area (Å²) >= 11 is 0.0788. The van der Waals surface area contributed by atoms with Crippen LogP contribution in [-0.4, -0.2) is 19.9 Å². The summed E-state index contributed by atoms with van der Waals surface area (Å²) in [5.41, 5.74) is 1.89. The van der Waals surface area contributed by atoms with Crippen LogP contribution in [0.5, 0.6) is 0 Å². The van der Waals surface area contributed by atoms with Crippen LogP contribution in [0.2, 0.25) is 0 Å². The van der Waals surface area contributed by atoms with Gasteiger partial charge in [0.25, 0.3) is 0 Å². The van der Waals surface area contributed by atoms with Crippen LogP contribution < -0.4 is 21.2 Å². The Morgan fingerprint density at radius 2 is 2.17 bits per heavy atom. The van der Waals surface area contributed by atoms with Crippen molar-refractivity contribution in [3.63, 3.8) is 0 Å². The number of fused-ring (bicyclic) bond motifs is 1. The Morgan fingerprint density at radius 1 is 1.33 bits per heavy atom. The zero-order valence-electron chi connectivity index (χ0n) is 6.93. The van der Waals surface area contributed by atoms with Gasteiger partial charge in [-0.2, -0.15) is 0 Å². The van der Waals surface area contributed by atoms with Crippen molar-refractivity contribution in [2.45, 2.75) is 6.92 Å². The number of hydrogen-bond donors (Lipinski definition) is 1. The molecule has 1 N–H and O–H groups in total. The molecular formula is C8H9IN3-. The van der Waals surface area contributed by atoms with Gasteiger partial charge in [-0.25, -0.2) is 0 Å². The number of rotatable bonds is 1. The Labute approximate surface area is 80.9 Å². The Balaban J connectivity index is 2.66. The maximum atomic E-state index is 4.42. The number of pyridine rings is 1. The Kier molecular flexibility index (Phi) is 2.00. The Bertz CT molecular complexity index is 408. The van der Waals surface area contributed by atoms with Crippen LogP contribution >= 0.6 is 0 Å². The summed E-state index contributed by atoms with van der Waals surface area (Å²) in [6.07, 6.45) is 0. The third-order valence-corrected chi connectivity index (χ3v) is 3.33. The van der Waals surface area contributed by atoms with Crippen molar-refractivity contribution >= 4 is 11.2 Å². The Morgan fingerprint density at radius 3 is 2.92 bits per heavy atom. The predicted molar refractivity (Wildman–Crippen MR) is 43.2 cm³/mol. The van der Waals surface area contributed by atoms with E-state index in [0.29, 0.717) is 0 Å². The standard InChI is InChI=1S/C8H9IN3/c1-5-10-6-3-4-7(9-2)12-8(6)11-5/h3-4H,1-2H3,(H,10,11,12)/q-1. The van der Waals surface area contributed by atoms with E-state index in [1.807, 2.05) is 6.92 Å². The first-order valence-corrected chi connectivity index (χ1v) is 6.86. The summed E-state index contributed by atoms with van der Waals surface area (Å²) in [4.78, 5) is 14.0. The summed E-state index contributed by atoms with van der Waals surface area (Å²) in [6.45, 7) is 1.95. The number of aromatic nitrogens is 3. The molecule has 2 aromatic heterocycles. The first-order chi connectivity index (χ1) is 5.79. The predicted octanol–water partition coefficient (Wildman–Crippen LogP) is -1.85. The summed E-state index contributed by atoms with van der Waals surface area (Å²) in [5.74, 6) is 0.934. The second-order valence-electron chi connectivity index (χ2n) is 2.52. The monoisotopic (exact) mass is 274 g/mol. The van der Waals surface area contributed by atoms with Crippen molar-refractivity contribution in [1.82, 2.24) is 15.0 Å². The van der Waals surface area contributed by atoms with Gasteiger partial charge in [-0.05, 0) is 0 Å². The molecule has 0 aliphatic rings. The molecule has 0 bridgehead atoms. The van der Waals surface area contributed by atoms with Gasteiger partial charge < -0.3 is 0 Å². The maximum absolute atomic E-state index is 4.42. The molecule has 0 aliphatic carbocycles. The zero-order valence-corrected chi connectivity index (χ0v) is 9.08.